The van der Waals surface area contributed by atoms with Crippen molar-refractivity contribution < 1.29 is 9.47 Å². The number of methoxy groups -OCH3 is 1. The zero-order valence-corrected chi connectivity index (χ0v) is 14.5. The first-order chi connectivity index (χ1) is 12.2. The predicted molar refractivity (Wildman–Crippen MR) is 99.0 cm³/mol. The lowest BCUT2D eigenvalue weighted by atomic mass is 10.1. The van der Waals surface area contributed by atoms with Crippen LogP contribution in [-0.4, -0.2) is 12.1 Å². The second kappa shape index (κ2) is 8.31. The van der Waals surface area contributed by atoms with Gasteiger partial charge in [0.1, 0.15) is 11.5 Å². The second-order valence-electron chi connectivity index (χ2n) is 5.80. The molecule has 0 amide bonds. The largest absolute Gasteiger partial charge is 0.497 e. The van der Waals surface area contributed by atoms with Crippen LogP contribution in [0.2, 0.25) is 0 Å². The van der Waals surface area contributed by atoms with Gasteiger partial charge in [-0.2, -0.15) is 0 Å². The highest BCUT2D eigenvalue weighted by molar-refractivity contribution is 5.30. The van der Waals surface area contributed by atoms with E-state index in [1.807, 2.05) is 66.9 Å². The van der Waals surface area contributed by atoms with E-state index >= 15 is 0 Å². The Hall–Kier alpha value is -2.85. The van der Waals surface area contributed by atoms with Gasteiger partial charge in [-0.05, 0) is 42.3 Å². The fourth-order valence-electron chi connectivity index (χ4n) is 2.48. The Bertz CT molecular complexity index is 789. The summed E-state index contributed by atoms with van der Waals surface area (Å²) in [6.07, 6.45) is 1.84. The standard InChI is InChI=1S/C21H22N2O2/c1-16(18-7-6-10-20(13-18)24-2)22-14-17-11-12-21(23-15-17)25-19-8-4-3-5-9-19/h3-13,15-16,22H,14H2,1-2H3/t16-/m1/s1. The molecule has 1 N–H and O–H groups in total. The van der Waals surface area contributed by atoms with E-state index in [-0.39, 0.29) is 6.04 Å². The van der Waals surface area contributed by atoms with E-state index in [4.69, 9.17) is 9.47 Å². The molecule has 2 aromatic carbocycles. The summed E-state index contributed by atoms with van der Waals surface area (Å²) in [5.74, 6) is 2.25. The Morgan fingerprint density at radius 3 is 2.48 bits per heavy atom. The van der Waals surface area contributed by atoms with Gasteiger partial charge in [-0.15, -0.1) is 0 Å². The molecule has 4 heteroatoms. The second-order valence-corrected chi connectivity index (χ2v) is 5.80. The van der Waals surface area contributed by atoms with E-state index in [1.54, 1.807) is 7.11 Å². The normalized spacial score (nSPS) is 11.8. The van der Waals surface area contributed by atoms with Crippen LogP contribution in [0.15, 0.2) is 72.9 Å². The van der Waals surface area contributed by atoms with Gasteiger partial charge in [-0.1, -0.05) is 36.4 Å². The van der Waals surface area contributed by atoms with Crippen LogP contribution in [0.5, 0.6) is 17.4 Å². The summed E-state index contributed by atoms with van der Waals surface area (Å²) in [4.78, 5) is 4.37. The first kappa shape index (κ1) is 17.0. The first-order valence-electron chi connectivity index (χ1n) is 8.30. The van der Waals surface area contributed by atoms with Crippen molar-refractivity contribution in [3.63, 3.8) is 0 Å². The molecule has 0 aliphatic rings. The van der Waals surface area contributed by atoms with Crippen molar-refractivity contribution in [2.45, 2.75) is 19.5 Å². The van der Waals surface area contributed by atoms with Crippen LogP contribution in [0.4, 0.5) is 0 Å². The van der Waals surface area contributed by atoms with Crippen LogP contribution in [0.25, 0.3) is 0 Å². The predicted octanol–water partition coefficient (Wildman–Crippen LogP) is 4.73. The lowest BCUT2D eigenvalue weighted by Crippen LogP contribution is -2.18. The molecule has 0 spiro atoms. The molecule has 1 aromatic heterocycles. The number of rotatable bonds is 7. The minimum atomic E-state index is 0.218. The Labute approximate surface area is 148 Å². The van der Waals surface area contributed by atoms with Crippen molar-refractivity contribution in [3.8, 4) is 17.4 Å². The van der Waals surface area contributed by atoms with E-state index in [9.17, 15) is 0 Å². The van der Waals surface area contributed by atoms with Crippen LogP contribution < -0.4 is 14.8 Å². The molecule has 3 rings (SSSR count). The molecular formula is C21H22N2O2. The van der Waals surface area contributed by atoms with Crippen LogP contribution in [-0.2, 0) is 6.54 Å². The summed E-state index contributed by atoms with van der Waals surface area (Å²) in [6.45, 7) is 2.87. The molecule has 0 saturated heterocycles. The average molecular weight is 334 g/mol. The van der Waals surface area contributed by atoms with Gasteiger partial charge in [-0.3, -0.25) is 0 Å². The maximum absolute atomic E-state index is 5.71. The number of benzene rings is 2. The maximum atomic E-state index is 5.71. The molecule has 25 heavy (non-hydrogen) atoms. The highest BCUT2D eigenvalue weighted by atomic mass is 16.5. The Morgan fingerprint density at radius 1 is 0.960 bits per heavy atom. The van der Waals surface area contributed by atoms with Crippen LogP contribution in [0.3, 0.4) is 0 Å². The van der Waals surface area contributed by atoms with Gasteiger partial charge >= 0.3 is 0 Å². The van der Waals surface area contributed by atoms with Crippen molar-refractivity contribution in [3.05, 3.63) is 84.1 Å². The fourth-order valence-corrected chi connectivity index (χ4v) is 2.48. The molecule has 128 valence electrons. The number of ether oxygens (including phenoxy) is 2. The van der Waals surface area contributed by atoms with Gasteiger partial charge in [0.25, 0.3) is 0 Å². The number of para-hydroxylation sites is 1. The van der Waals surface area contributed by atoms with E-state index in [0.29, 0.717) is 5.88 Å². The molecule has 0 aliphatic heterocycles. The van der Waals surface area contributed by atoms with Gasteiger partial charge in [0.15, 0.2) is 0 Å². The number of nitrogens with zero attached hydrogens (tertiary/aromatic N) is 1. The van der Waals surface area contributed by atoms with E-state index in [0.717, 1.165) is 23.6 Å². The average Bonchev–Trinajstić information content (AvgIpc) is 2.68. The van der Waals surface area contributed by atoms with Crippen molar-refractivity contribution in [2.24, 2.45) is 0 Å². The molecule has 0 fully saturated rings. The number of hydrogen-bond donors (Lipinski definition) is 1. The van der Waals surface area contributed by atoms with E-state index < -0.39 is 0 Å². The topological polar surface area (TPSA) is 43.4 Å². The van der Waals surface area contributed by atoms with Crippen LogP contribution >= 0.6 is 0 Å². The quantitative estimate of drug-likeness (QED) is 0.678. The molecular weight excluding hydrogens is 312 g/mol. The number of nitrogens with one attached hydrogen (secondary N) is 1. The summed E-state index contributed by atoms with van der Waals surface area (Å²) in [5, 5.41) is 3.50. The summed E-state index contributed by atoms with van der Waals surface area (Å²) in [6, 6.07) is 21.9. The molecule has 0 aliphatic carbocycles. The molecule has 0 radical (unpaired) electrons. The lowest BCUT2D eigenvalue weighted by molar-refractivity contribution is 0.413. The number of hydrogen-bond acceptors (Lipinski definition) is 4. The van der Waals surface area contributed by atoms with Crippen molar-refractivity contribution >= 4 is 0 Å². The molecule has 0 unspecified atom stereocenters. The summed E-state index contributed by atoms with van der Waals surface area (Å²) in [7, 11) is 1.68. The number of pyridine rings is 1. The highest BCUT2D eigenvalue weighted by Crippen LogP contribution is 2.20. The summed E-state index contributed by atoms with van der Waals surface area (Å²) in [5.41, 5.74) is 2.30. The Morgan fingerprint density at radius 2 is 1.76 bits per heavy atom. The third-order valence-corrected chi connectivity index (χ3v) is 3.97. The maximum Gasteiger partial charge on any atom is 0.219 e. The minimum absolute atomic E-state index is 0.218. The van der Waals surface area contributed by atoms with E-state index in [2.05, 4.69) is 23.3 Å². The minimum Gasteiger partial charge on any atom is -0.497 e. The zero-order valence-electron chi connectivity index (χ0n) is 14.5. The van der Waals surface area contributed by atoms with Gasteiger partial charge in [0, 0.05) is 24.8 Å². The lowest BCUT2D eigenvalue weighted by Gasteiger charge is -2.15. The third-order valence-electron chi connectivity index (χ3n) is 3.97. The van der Waals surface area contributed by atoms with Gasteiger partial charge < -0.3 is 14.8 Å². The molecule has 1 atom stereocenters. The smallest absolute Gasteiger partial charge is 0.219 e. The Balaban J connectivity index is 1.56. The van der Waals surface area contributed by atoms with E-state index in [1.165, 1.54) is 5.56 Å². The Kier molecular flexibility index (Phi) is 5.65. The summed E-state index contributed by atoms with van der Waals surface area (Å²) < 4.78 is 11.0. The highest BCUT2D eigenvalue weighted by Gasteiger charge is 2.06. The SMILES string of the molecule is COc1cccc([C@@H](C)NCc2ccc(Oc3ccccc3)nc2)c1. The molecule has 0 bridgehead atoms. The van der Waals surface area contributed by atoms with Crippen molar-refractivity contribution in [1.82, 2.24) is 10.3 Å². The summed E-state index contributed by atoms with van der Waals surface area (Å²) >= 11 is 0. The number of aromatic nitrogens is 1. The monoisotopic (exact) mass is 334 g/mol. The van der Waals surface area contributed by atoms with Gasteiger partial charge in [-0.25, -0.2) is 4.98 Å². The first-order valence-corrected chi connectivity index (χ1v) is 8.30. The zero-order chi connectivity index (χ0) is 17.5. The van der Waals surface area contributed by atoms with Gasteiger partial charge in [0.2, 0.25) is 5.88 Å². The molecule has 3 aromatic rings. The van der Waals surface area contributed by atoms with Gasteiger partial charge in [0.05, 0.1) is 7.11 Å². The van der Waals surface area contributed by atoms with Crippen LogP contribution in [0, 0.1) is 0 Å². The molecule has 4 nitrogen and oxygen atoms in total. The molecule has 0 saturated carbocycles. The molecule has 1 heterocycles. The fraction of sp³-hybridized carbons (Fsp3) is 0.190. The van der Waals surface area contributed by atoms with Crippen molar-refractivity contribution in [1.29, 1.82) is 0 Å². The van der Waals surface area contributed by atoms with Crippen molar-refractivity contribution in [2.75, 3.05) is 7.11 Å². The third kappa shape index (κ3) is 4.81. The van der Waals surface area contributed by atoms with Crippen LogP contribution in [0.1, 0.15) is 24.1 Å².